The fourth-order valence-electron chi connectivity index (χ4n) is 3.12. The summed E-state index contributed by atoms with van der Waals surface area (Å²) >= 11 is 0. The first kappa shape index (κ1) is 15.5. The van der Waals surface area contributed by atoms with Gasteiger partial charge in [0.15, 0.2) is 0 Å². The number of rotatable bonds is 4. The number of para-hydroxylation sites is 1. The lowest BCUT2D eigenvalue weighted by Crippen LogP contribution is -2.47. The van der Waals surface area contributed by atoms with E-state index in [-0.39, 0.29) is 16.7 Å². The molecular weight excluding hydrogens is 290 g/mol. The van der Waals surface area contributed by atoms with E-state index in [1.165, 1.54) is 5.69 Å². The van der Waals surface area contributed by atoms with E-state index in [1.54, 1.807) is 18.2 Å². The largest absolute Gasteiger partial charge is 0.369 e. The molecule has 0 radical (unpaired) electrons. The van der Waals surface area contributed by atoms with Gasteiger partial charge in [0.25, 0.3) is 5.69 Å². The number of benzene rings is 2. The summed E-state index contributed by atoms with van der Waals surface area (Å²) in [6.45, 7) is 5.99. The number of hydrogen-bond acceptors (Lipinski definition) is 4. The lowest BCUT2D eigenvalue weighted by Gasteiger charge is -2.39. The van der Waals surface area contributed by atoms with Crippen LogP contribution in [-0.4, -0.2) is 36.0 Å². The van der Waals surface area contributed by atoms with Gasteiger partial charge in [0.2, 0.25) is 0 Å². The van der Waals surface area contributed by atoms with E-state index >= 15 is 0 Å². The summed E-state index contributed by atoms with van der Waals surface area (Å²) in [5, 5.41) is 10.9. The van der Waals surface area contributed by atoms with Crippen LogP contribution in [0.5, 0.6) is 0 Å². The lowest BCUT2D eigenvalue weighted by molar-refractivity contribution is -0.384. The second-order valence-electron chi connectivity index (χ2n) is 5.89. The molecule has 1 saturated heterocycles. The predicted octanol–water partition coefficient (Wildman–Crippen LogP) is 3.48. The summed E-state index contributed by atoms with van der Waals surface area (Å²) in [5.41, 5.74) is 2.43. The van der Waals surface area contributed by atoms with Crippen LogP contribution in [0, 0.1) is 10.1 Å². The van der Waals surface area contributed by atoms with Crippen molar-refractivity contribution < 1.29 is 4.92 Å². The van der Waals surface area contributed by atoms with E-state index < -0.39 is 0 Å². The maximum Gasteiger partial charge on any atom is 0.269 e. The first-order valence-electron chi connectivity index (χ1n) is 7.93. The van der Waals surface area contributed by atoms with Gasteiger partial charge in [-0.1, -0.05) is 30.3 Å². The van der Waals surface area contributed by atoms with Gasteiger partial charge < -0.3 is 4.90 Å². The topological polar surface area (TPSA) is 49.6 Å². The van der Waals surface area contributed by atoms with Crippen LogP contribution in [0.15, 0.2) is 54.6 Å². The van der Waals surface area contributed by atoms with Crippen LogP contribution in [0.2, 0.25) is 0 Å². The van der Waals surface area contributed by atoms with E-state index in [4.69, 9.17) is 0 Å². The van der Waals surface area contributed by atoms with Crippen LogP contribution in [0.1, 0.15) is 18.5 Å². The van der Waals surface area contributed by atoms with Gasteiger partial charge in [-0.05, 0) is 24.6 Å². The average molecular weight is 311 g/mol. The van der Waals surface area contributed by atoms with Crippen molar-refractivity contribution in [3.8, 4) is 0 Å². The highest BCUT2D eigenvalue weighted by atomic mass is 16.6. The van der Waals surface area contributed by atoms with E-state index in [0.29, 0.717) is 0 Å². The molecule has 1 aliphatic heterocycles. The van der Waals surface area contributed by atoms with E-state index in [9.17, 15) is 10.1 Å². The summed E-state index contributed by atoms with van der Waals surface area (Å²) in [5.74, 6) is 0. The highest BCUT2D eigenvalue weighted by Crippen LogP contribution is 2.26. The van der Waals surface area contributed by atoms with Crippen molar-refractivity contribution in [1.29, 1.82) is 0 Å². The molecule has 0 saturated carbocycles. The number of piperazine rings is 1. The minimum Gasteiger partial charge on any atom is -0.369 e. The zero-order valence-corrected chi connectivity index (χ0v) is 13.3. The number of anilines is 1. The fraction of sp³-hybridized carbons (Fsp3) is 0.333. The molecule has 0 unspecified atom stereocenters. The molecule has 1 fully saturated rings. The van der Waals surface area contributed by atoms with Crippen LogP contribution in [-0.2, 0) is 0 Å². The maximum absolute atomic E-state index is 10.9. The van der Waals surface area contributed by atoms with Crippen LogP contribution >= 0.6 is 0 Å². The smallest absolute Gasteiger partial charge is 0.269 e. The molecule has 23 heavy (non-hydrogen) atoms. The quantitative estimate of drug-likeness (QED) is 0.641. The van der Waals surface area contributed by atoms with Gasteiger partial charge in [0, 0.05) is 50.0 Å². The normalized spacial score (nSPS) is 17.0. The van der Waals surface area contributed by atoms with E-state index in [0.717, 1.165) is 31.7 Å². The highest BCUT2D eigenvalue weighted by molar-refractivity contribution is 5.46. The first-order chi connectivity index (χ1) is 11.1. The van der Waals surface area contributed by atoms with Crippen molar-refractivity contribution >= 4 is 11.4 Å². The number of nitrogens with zero attached hydrogens (tertiary/aromatic N) is 3. The first-order valence-corrected chi connectivity index (χ1v) is 7.93. The zero-order valence-electron chi connectivity index (χ0n) is 13.3. The summed E-state index contributed by atoms with van der Waals surface area (Å²) in [4.78, 5) is 15.4. The Morgan fingerprint density at radius 3 is 2.35 bits per heavy atom. The Morgan fingerprint density at radius 2 is 1.70 bits per heavy atom. The van der Waals surface area contributed by atoms with Crippen molar-refractivity contribution in [3.63, 3.8) is 0 Å². The van der Waals surface area contributed by atoms with Crippen molar-refractivity contribution in [1.82, 2.24) is 4.90 Å². The third-order valence-corrected chi connectivity index (χ3v) is 4.55. The van der Waals surface area contributed by atoms with Crippen molar-refractivity contribution in [2.45, 2.75) is 13.0 Å². The molecule has 3 rings (SSSR count). The Kier molecular flexibility index (Phi) is 4.57. The summed E-state index contributed by atoms with van der Waals surface area (Å²) < 4.78 is 0. The molecule has 1 heterocycles. The molecule has 2 aromatic rings. The van der Waals surface area contributed by atoms with Gasteiger partial charge in [-0.2, -0.15) is 0 Å². The van der Waals surface area contributed by atoms with Gasteiger partial charge in [0.1, 0.15) is 0 Å². The summed E-state index contributed by atoms with van der Waals surface area (Å²) in [6.07, 6.45) is 0. The van der Waals surface area contributed by atoms with E-state index in [2.05, 4.69) is 41.0 Å². The highest BCUT2D eigenvalue weighted by Gasteiger charge is 2.23. The molecule has 0 aliphatic carbocycles. The van der Waals surface area contributed by atoms with Crippen molar-refractivity contribution in [2.75, 3.05) is 31.1 Å². The number of nitro groups is 1. The van der Waals surface area contributed by atoms with Gasteiger partial charge in [-0.15, -0.1) is 0 Å². The maximum atomic E-state index is 10.9. The average Bonchev–Trinajstić information content (AvgIpc) is 2.62. The van der Waals surface area contributed by atoms with Crippen molar-refractivity contribution in [3.05, 3.63) is 70.3 Å². The molecule has 0 amide bonds. The van der Waals surface area contributed by atoms with Gasteiger partial charge >= 0.3 is 0 Å². The molecule has 5 nitrogen and oxygen atoms in total. The lowest BCUT2D eigenvalue weighted by atomic mass is 10.1. The number of non-ortho nitro benzene ring substituents is 1. The Labute approximate surface area is 136 Å². The number of hydrogen-bond donors (Lipinski definition) is 0. The van der Waals surface area contributed by atoms with Crippen LogP contribution in [0.25, 0.3) is 0 Å². The summed E-state index contributed by atoms with van der Waals surface area (Å²) in [7, 11) is 0. The molecule has 0 N–H and O–H groups in total. The summed E-state index contributed by atoms with van der Waals surface area (Å²) in [6, 6.07) is 17.6. The minimum atomic E-state index is -0.330. The standard InChI is InChI=1S/C18H21N3O2/c1-15(16-6-5-9-18(14-16)21(22)23)19-10-12-20(13-11-19)17-7-3-2-4-8-17/h2-9,14-15H,10-13H2,1H3/t15-/m0/s1. The van der Waals surface area contributed by atoms with Gasteiger partial charge in [-0.3, -0.25) is 15.0 Å². The second kappa shape index (κ2) is 6.79. The Bertz CT molecular complexity index is 667. The predicted molar refractivity (Wildman–Crippen MR) is 91.7 cm³/mol. The SMILES string of the molecule is C[C@@H](c1cccc([N+](=O)[O-])c1)N1CCN(c2ccccc2)CC1. The molecule has 0 spiro atoms. The molecule has 0 bridgehead atoms. The Morgan fingerprint density at radius 1 is 1.00 bits per heavy atom. The second-order valence-corrected chi connectivity index (χ2v) is 5.89. The molecule has 120 valence electrons. The number of nitro benzene ring substituents is 1. The fourth-order valence-corrected chi connectivity index (χ4v) is 3.12. The minimum absolute atomic E-state index is 0.164. The Balaban J connectivity index is 1.65. The molecule has 1 atom stereocenters. The van der Waals surface area contributed by atoms with Crippen LogP contribution in [0.3, 0.4) is 0 Å². The van der Waals surface area contributed by atoms with Crippen LogP contribution in [0.4, 0.5) is 11.4 Å². The van der Waals surface area contributed by atoms with Crippen LogP contribution < -0.4 is 4.90 Å². The molecule has 1 aliphatic rings. The molecule has 2 aromatic carbocycles. The van der Waals surface area contributed by atoms with Gasteiger partial charge in [0.05, 0.1) is 4.92 Å². The van der Waals surface area contributed by atoms with Gasteiger partial charge in [-0.25, -0.2) is 0 Å². The third kappa shape index (κ3) is 3.51. The molecule has 5 heteroatoms. The van der Waals surface area contributed by atoms with E-state index in [1.807, 2.05) is 12.1 Å². The Hall–Kier alpha value is -2.40. The third-order valence-electron chi connectivity index (χ3n) is 4.55. The molecular formula is C18H21N3O2. The molecule has 0 aromatic heterocycles. The van der Waals surface area contributed by atoms with Crippen molar-refractivity contribution in [2.24, 2.45) is 0 Å². The zero-order chi connectivity index (χ0) is 16.2. The monoisotopic (exact) mass is 311 g/mol.